The van der Waals surface area contributed by atoms with E-state index >= 15 is 0 Å². The molecule has 2 unspecified atom stereocenters. The lowest BCUT2D eigenvalue weighted by molar-refractivity contribution is -0.384. The summed E-state index contributed by atoms with van der Waals surface area (Å²) < 4.78 is 0. The van der Waals surface area contributed by atoms with Gasteiger partial charge >= 0.3 is 6.03 Å². The number of imide groups is 1. The molecule has 12 nitrogen and oxygen atoms in total. The lowest BCUT2D eigenvalue weighted by atomic mass is 10.1. The maximum atomic E-state index is 13.0. The van der Waals surface area contributed by atoms with Gasteiger partial charge in [0, 0.05) is 32.8 Å². The van der Waals surface area contributed by atoms with E-state index in [1.54, 1.807) is 31.0 Å². The normalized spacial score (nSPS) is 20.0. The Hall–Kier alpha value is -4.32. The fourth-order valence-corrected chi connectivity index (χ4v) is 3.83. The standard InChI is InChI=1S/C22H23N7O4.H2O/c1-14(16-9-11-17(12-10-16)29(32)33)24-25-21-23-19-18(20(30)27(3)22(31)26(19)2)28(21)13-15-7-5-4-6-8-15;/h4-12,18-19H,13H2,1-3H3,(H,23,25);1H2/b24-14+;. The van der Waals surface area contributed by atoms with E-state index in [1.807, 2.05) is 30.3 Å². The molecule has 34 heavy (non-hydrogen) atoms. The van der Waals surface area contributed by atoms with E-state index in [1.165, 1.54) is 24.1 Å². The molecular weight excluding hydrogens is 442 g/mol. The van der Waals surface area contributed by atoms with Crippen molar-refractivity contribution in [3.8, 4) is 0 Å². The van der Waals surface area contributed by atoms with Gasteiger partial charge in [0.2, 0.25) is 5.96 Å². The number of carbonyl (C=O) groups is 2. The van der Waals surface area contributed by atoms with E-state index in [9.17, 15) is 19.7 Å². The second-order valence-electron chi connectivity index (χ2n) is 7.83. The number of amides is 3. The van der Waals surface area contributed by atoms with Gasteiger partial charge < -0.3 is 15.3 Å². The van der Waals surface area contributed by atoms with Crippen LogP contribution in [0.3, 0.4) is 0 Å². The topological polar surface area (TPSA) is 155 Å². The lowest BCUT2D eigenvalue weighted by Crippen LogP contribution is -2.64. The Kier molecular flexibility index (Phi) is 6.92. The molecule has 2 aromatic carbocycles. The third kappa shape index (κ3) is 4.43. The van der Waals surface area contributed by atoms with E-state index in [2.05, 4.69) is 15.5 Å². The summed E-state index contributed by atoms with van der Waals surface area (Å²) in [4.78, 5) is 44.8. The summed E-state index contributed by atoms with van der Waals surface area (Å²) >= 11 is 0. The van der Waals surface area contributed by atoms with Crippen molar-refractivity contribution < 1.29 is 20.0 Å². The van der Waals surface area contributed by atoms with E-state index in [0.29, 0.717) is 23.8 Å². The summed E-state index contributed by atoms with van der Waals surface area (Å²) in [5.74, 6) is 0.0223. The number of nitro groups is 1. The Bertz CT molecular complexity index is 1150. The number of fused-ring (bicyclic) bond motifs is 1. The second kappa shape index (κ2) is 9.67. The van der Waals surface area contributed by atoms with Gasteiger partial charge in [-0.3, -0.25) is 19.8 Å². The van der Waals surface area contributed by atoms with Crippen LogP contribution in [0, 0.1) is 10.1 Å². The maximum Gasteiger partial charge on any atom is 0.328 e. The van der Waals surface area contributed by atoms with Crippen LogP contribution in [0.1, 0.15) is 18.1 Å². The number of aliphatic imine (C=N–C) groups is 1. The van der Waals surface area contributed by atoms with Crippen LogP contribution in [-0.2, 0) is 11.3 Å². The summed E-state index contributed by atoms with van der Waals surface area (Å²) in [5, 5.41) is 15.3. The van der Waals surface area contributed by atoms with Crippen LogP contribution in [0.5, 0.6) is 0 Å². The van der Waals surface area contributed by atoms with Crippen LogP contribution in [-0.4, -0.2) is 75.0 Å². The summed E-state index contributed by atoms with van der Waals surface area (Å²) in [7, 11) is 3.07. The first-order valence-electron chi connectivity index (χ1n) is 10.3. The molecule has 1 saturated heterocycles. The predicted molar refractivity (Wildman–Crippen MR) is 125 cm³/mol. The van der Waals surface area contributed by atoms with Crippen LogP contribution in [0.2, 0.25) is 0 Å². The Morgan fingerprint density at radius 2 is 1.76 bits per heavy atom. The van der Waals surface area contributed by atoms with Gasteiger partial charge in [-0.15, -0.1) is 0 Å². The fourth-order valence-electron chi connectivity index (χ4n) is 3.83. The molecule has 0 saturated carbocycles. The minimum atomic E-state index is -0.685. The first-order chi connectivity index (χ1) is 15.8. The molecule has 12 heteroatoms. The molecule has 1 fully saturated rings. The highest BCUT2D eigenvalue weighted by molar-refractivity contribution is 6.04. The molecule has 0 radical (unpaired) electrons. The van der Waals surface area contributed by atoms with Crippen molar-refractivity contribution in [1.82, 2.24) is 20.1 Å². The van der Waals surface area contributed by atoms with Gasteiger partial charge in [0.05, 0.1) is 10.6 Å². The molecule has 2 aliphatic heterocycles. The summed E-state index contributed by atoms with van der Waals surface area (Å²) in [6.07, 6.45) is -0.678. The molecule has 0 bridgehead atoms. The predicted octanol–water partition coefficient (Wildman–Crippen LogP) is 1.17. The van der Waals surface area contributed by atoms with Crippen molar-refractivity contribution in [1.29, 1.82) is 0 Å². The second-order valence-corrected chi connectivity index (χ2v) is 7.83. The monoisotopic (exact) mass is 467 g/mol. The van der Waals surface area contributed by atoms with Crippen molar-refractivity contribution in [2.24, 2.45) is 10.1 Å². The highest BCUT2D eigenvalue weighted by Gasteiger charge is 2.51. The number of guanidine groups is 1. The molecule has 0 aliphatic carbocycles. The first-order valence-corrected chi connectivity index (χ1v) is 10.3. The lowest BCUT2D eigenvalue weighted by Gasteiger charge is -2.39. The fraction of sp³-hybridized carbons (Fsp3) is 0.273. The molecule has 2 aromatic rings. The zero-order chi connectivity index (χ0) is 23.7. The highest BCUT2D eigenvalue weighted by Crippen LogP contribution is 2.28. The van der Waals surface area contributed by atoms with Gasteiger partial charge in [-0.2, -0.15) is 5.10 Å². The SMILES string of the molecule is C/C(=N\NC1=NC2C(C(=O)N(C)C(=O)N2C)N1Cc1ccccc1)c1ccc([N+](=O)[O-])cc1.O. The van der Waals surface area contributed by atoms with Crippen LogP contribution in [0.4, 0.5) is 10.5 Å². The van der Waals surface area contributed by atoms with E-state index < -0.39 is 23.2 Å². The van der Waals surface area contributed by atoms with Crippen molar-refractivity contribution in [2.45, 2.75) is 25.7 Å². The number of hydrogen-bond donors (Lipinski definition) is 1. The minimum Gasteiger partial charge on any atom is -0.412 e. The smallest absolute Gasteiger partial charge is 0.328 e. The number of nitrogens with zero attached hydrogens (tertiary/aromatic N) is 6. The van der Waals surface area contributed by atoms with E-state index in [4.69, 9.17) is 0 Å². The summed E-state index contributed by atoms with van der Waals surface area (Å²) in [5.41, 5.74) is 5.18. The number of hydrazone groups is 1. The number of benzene rings is 2. The van der Waals surface area contributed by atoms with Crippen molar-refractivity contribution in [2.75, 3.05) is 14.1 Å². The largest absolute Gasteiger partial charge is 0.412 e. The van der Waals surface area contributed by atoms with Crippen molar-refractivity contribution in [3.63, 3.8) is 0 Å². The van der Waals surface area contributed by atoms with Crippen LogP contribution >= 0.6 is 0 Å². The molecule has 2 aliphatic rings. The zero-order valence-corrected chi connectivity index (χ0v) is 18.9. The highest BCUT2D eigenvalue weighted by atomic mass is 16.6. The van der Waals surface area contributed by atoms with Crippen LogP contribution in [0.25, 0.3) is 0 Å². The average molecular weight is 467 g/mol. The zero-order valence-electron chi connectivity index (χ0n) is 18.9. The molecule has 0 aromatic heterocycles. The number of urea groups is 1. The Morgan fingerprint density at radius 1 is 1.12 bits per heavy atom. The van der Waals surface area contributed by atoms with Gasteiger partial charge in [-0.25, -0.2) is 15.2 Å². The Labute approximate surface area is 195 Å². The minimum absolute atomic E-state index is 0. The number of nitrogens with one attached hydrogen (secondary N) is 1. The van der Waals surface area contributed by atoms with Crippen LogP contribution in [0.15, 0.2) is 64.7 Å². The number of rotatable bonds is 5. The summed E-state index contributed by atoms with van der Waals surface area (Å²) in [6.45, 7) is 2.15. The van der Waals surface area contributed by atoms with Crippen molar-refractivity contribution >= 4 is 29.3 Å². The molecule has 2 heterocycles. The quantitative estimate of drug-likeness (QED) is 0.395. The average Bonchev–Trinajstić information content (AvgIpc) is 3.18. The van der Waals surface area contributed by atoms with Crippen LogP contribution < -0.4 is 5.43 Å². The Morgan fingerprint density at radius 3 is 2.38 bits per heavy atom. The number of nitro benzene ring substituents is 1. The number of non-ortho nitro benzene ring substituents is 1. The van der Waals surface area contributed by atoms with E-state index in [0.717, 1.165) is 10.5 Å². The summed E-state index contributed by atoms with van der Waals surface area (Å²) in [6, 6.07) is 14.6. The first kappa shape index (κ1) is 24.3. The molecule has 0 spiro atoms. The van der Waals surface area contributed by atoms with Gasteiger partial charge in [0.15, 0.2) is 12.2 Å². The van der Waals surface area contributed by atoms with E-state index in [-0.39, 0.29) is 17.1 Å². The van der Waals surface area contributed by atoms with Gasteiger partial charge in [-0.05, 0) is 30.2 Å². The van der Waals surface area contributed by atoms with Gasteiger partial charge in [-0.1, -0.05) is 30.3 Å². The number of carbonyl (C=O) groups excluding carboxylic acids is 2. The number of likely N-dealkylation sites (N-methyl/N-ethyl adjacent to an activating group) is 2. The molecule has 178 valence electrons. The molecule has 4 rings (SSSR count). The third-order valence-corrected chi connectivity index (χ3v) is 5.73. The molecule has 2 atom stereocenters. The molecule has 3 N–H and O–H groups in total. The van der Waals surface area contributed by atoms with Gasteiger partial charge in [0.1, 0.15) is 0 Å². The third-order valence-electron chi connectivity index (χ3n) is 5.73. The van der Waals surface area contributed by atoms with Crippen molar-refractivity contribution in [3.05, 3.63) is 75.8 Å². The number of hydrogen-bond acceptors (Lipinski definition) is 8. The molecule has 3 amide bonds. The van der Waals surface area contributed by atoms with Gasteiger partial charge in [0.25, 0.3) is 11.6 Å². The maximum absolute atomic E-state index is 13.0. The molecular formula is C22H25N7O5. The Balaban J connectivity index is 0.00000324.